The summed E-state index contributed by atoms with van der Waals surface area (Å²) in [6.07, 6.45) is 5.46. The minimum absolute atomic E-state index is 0.0267. The first kappa shape index (κ1) is 25.2. The topological polar surface area (TPSA) is 100 Å². The second kappa shape index (κ2) is 9.61. The summed E-state index contributed by atoms with van der Waals surface area (Å²) in [6, 6.07) is 4.62. The van der Waals surface area contributed by atoms with Crippen molar-refractivity contribution in [1.82, 2.24) is 0 Å². The van der Waals surface area contributed by atoms with Crippen molar-refractivity contribution in [1.29, 1.82) is 0 Å². The lowest BCUT2D eigenvalue weighted by Crippen LogP contribution is -2.22. The third-order valence-electron chi connectivity index (χ3n) is 6.18. The molecule has 0 saturated carbocycles. The predicted octanol–water partition coefficient (Wildman–Crippen LogP) is 6.99. The highest BCUT2D eigenvalue weighted by molar-refractivity contribution is 5.93. The van der Waals surface area contributed by atoms with Crippen LogP contribution in [0, 0.1) is 0 Å². The lowest BCUT2D eigenvalue weighted by atomic mass is 9.92. The molecule has 1 aliphatic rings. The summed E-state index contributed by atoms with van der Waals surface area (Å²) in [6.45, 7) is 11.6. The number of fused-ring (bicyclic) bond motifs is 4. The first-order valence-electron chi connectivity index (χ1n) is 12.0. The Morgan fingerprint density at radius 2 is 1.53 bits per heavy atom. The van der Waals surface area contributed by atoms with E-state index < -0.39 is 11.5 Å². The summed E-state index contributed by atoms with van der Waals surface area (Å²) < 4.78 is 12.5. The monoisotopic (exact) mass is 488 g/mol. The molecule has 188 valence electrons. The number of hydrogen-bond donors (Lipinski definition) is 3. The van der Waals surface area contributed by atoms with E-state index in [0.29, 0.717) is 29.1 Å². The number of phenolic OH excluding ortho intramolecular Hbond substituents is 3. The van der Waals surface area contributed by atoms with Gasteiger partial charge in [-0.25, -0.2) is 0 Å². The van der Waals surface area contributed by atoms with Crippen LogP contribution in [-0.4, -0.2) is 15.3 Å². The molecule has 1 aliphatic heterocycles. The smallest absolute Gasteiger partial charge is 0.204 e. The molecule has 1 atom stereocenters. The molecule has 0 spiro atoms. The molecule has 0 radical (unpaired) electrons. The van der Waals surface area contributed by atoms with Gasteiger partial charge in [-0.05, 0) is 72.6 Å². The van der Waals surface area contributed by atoms with Gasteiger partial charge in [0.25, 0.3) is 0 Å². The molecule has 2 heterocycles. The molecule has 4 rings (SSSR count). The van der Waals surface area contributed by atoms with Crippen LogP contribution in [0.15, 0.2) is 62.4 Å². The molecule has 0 bridgehead atoms. The Balaban J connectivity index is 2.16. The fourth-order valence-electron chi connectivity index (χ4n) is 4.39. The van der Waals surface area contributed by atoms with Gasteiger partial charge < -0.3 is 24.5 Å². The largest absolute Gasteiger partial charge is 0.508 e. The van der Waals surface area contributed by atoms with Gasteiger partial charge >= 0.3 is 0 Å². The molecule has 3 aromatic rings. The van der Waals surface area contributed by atoms with Crippen LogP contribution in [-0.2, 0) is 12.8 Å². The van der Waals surface area contributed by atoms with Gasteiger partial charge in [-0.3, -0.25) is 4.79 Å². The summed E-state index contributed by atoms with van der Waals surface area (Å²) >= 11 is 0. The van der Waals surface area contributed by atoms with Crippen LogP contribution >= 0.6 is 0 Å². The van der Waals surface area contributed by atoms with Crippen LogP contribution in [0.3, 0.4) is 0 Å². The molecule has 2 aromatic carbocycles. The minimum atomic E-state index is -0.768. The number of hydrogen-bond acceptors (Lipinski definition) is 6. The molecule has 0 saturated heterocycles. The van der Waals surface area contributed by atoms with E-state index in [1.807, 2.05) is 53.7 Å². The summed E-state index contributed by atoms with van der Waals surface area (Å²) in [4.78, 5) is 14.1. The summed E-state index contributed by atoms with van der Waals surface area (Å²) in [5.41, 5.74) is 4.22. The van der Waals surface area contributed by atoms with Crippen molar-refractivity contribution in [3.05, 3.63) is 80.1 Å². The van der Waals surface area contributed by atoms with Gasteiger partial charge in [0.15, 0.2) is 0 Å². The van der Waals surface area contributed by atoms with Crippen LogP contribution in [0.5, 0.6) is 23.0 Å². The molecular formula is C30H32O6. The average Bonchev–Trinajstić information content (AvgIpc) is 2.77. The van der Waals surface area contributed by atoms with Gasteiger partial charge in [0.1, 0.15) is 45.8 Å². The normalized spacial score (nSPS) is 13.9. The molecule has 0 unspecified atom stereocenters. The van der Waals surface area contributed by atoms with Crippen LogP contribution in [0.4, 0.5) is 0 Å². The SMILES string of the molecule is CC(C)=CCc1c(O)c(CC=C(C)C)c2oc3c(c(=O)c2c1O)[C@H](C=C(C)C)Oc1cc(O)ccc1-3. The third-order valence-corrected chi connectivity index (χ3v) is 6.18. The molecule has 0 aliphatic carbocycles. The first-order valence-corrected chi connectivity index (χ1v) is 12.0. The summed E-state index contributed by atoms with van der Waals surface area (Å²) in [5, 5.41) is 32.6. The van der Waals surface area contributed by atoms with Crippen molar-refractivity contribution in [2.75, 3.05) is 0 Å². The van der Waals surface area contributed by atoms with E-state index in [2.05, 4.69) is 0 Å². The van der Waals surface area contributed by atoms with E-state index in [0.717, 1.165) is 16.7 Å². The van der Waals surface area contributed by atoms with Crippen molar-refractivity contribution in [3.63, 3.8) is 0 Å². The molecule has 6 nitrogen and oxygen atoms in total. The second-order valence-corrected chi connectivity index (χ2v) is 9.97. The highest BCUT2D eigenvalue weighted by atomic mass is 16.5. The quantitative estimate of drug-likeness (QED) is 0.335. The van der Waals surface area contributed by atoms with Crippen molar-refractivity contribution >= 4 is 11.0 Å². The Morgan fingerprint density at radius 3 is 2.14 bits per heavy atom. The van der Waals surface area contributed by atoms with E-state index in [-0.39, 0.29) is 45.8 Å². The molecule has 36 heavy (non-hydrogen) atoms. The lowest BCUT2D eigenvalue weighted by Gasteiger charge is -2.27. The lowest BCUT2D eigenvalue weighted by molar-refractivity contribution is 0.243. The van der Waals surface area contributed by atoms with E-state index in [1.165, 1.54) is 12.1 Å². The van der Waals surface area contributed by atoms with E-state index >= 15 is 0 Å². The standard InChI is InChI=1S/C30H32O6/c1-15(2)7-10-20-26(32)21(11-8-16(3)4)30-25(27(20)33)28(34)24-23(13-17(5)6)35-22-14-18(31)9-12-19(22)29(24)36-30/h7-9,12-14,23,31-33H,10-11H2,1-6H3/t23-/m0/s1. The Morgan fingerprint density at radius 1 is 0.889 bits per heavy atom. The van der Waals surface area contributed by atoms with Crippen LogP contribution in [0.2, 0.25) is 0 Å². The fraction of sp³-hybridized carbons (Fsp3) is 0.300. The zero-order valence-corrected chi connectivity index (χ0v) is 21.5. The second-order valence-electron chi connectivity index (χ2n) is 9.97. The molecule has 0 amide bonds. The fourth-order valence-corrected chi connectivity index (χ4v) is 4.39. The summed E-state index contributed by atoms with van der Waals surface area (Å²) in [5.74, 6) is 0.333. The van der Waals surface area contributed by atoms with E-state index in [4.69, 9.17) is 9.15 Å². The van der Waals surface area contributed by atoms with Crippen LogP contribution in [0.25, 0.3) is 22.3 Å². The number of allylic oxidation sites excluding steroid dienone is 5. The Hall–Kier alpha value is -3.93. The molecule has 1 aromatic heterocycles. The van der Waals surface area contributed by atoms with Crippen molar-refractivity contribution in [2.45, 2.75) is 60.5 Å². The van der Waals surface area contributed by atoms with Gasteiger partial charge in [-0.1, -0.05) is 28.9 Å². The van der Waals surface area contributed by atoms with Gasteiger partial charge in [0, 0.05) is 17.2 Å². The number of benzene rings is 2. The maximum atomic E-state index is 14.1. The maximum absolute atomic E-state index is 14.1. The molecule has 3 N–H and O–H groups in total. The molecule has 0 fully saturated rings. The van der Waals surface area contributed by atoms with Gasteiger partial charge in [-0.15, -0.1) is 0 Å². The van der Waals surface area contributed by atoms with E-state index in [1.54, 1.807) is 12.1 Å². The van der Waals surface area contributed by atoms with E-state index in [9.17, 15) is 20.1 Å². The van der Waals surface area contributed by atoms with Gasteiger partial charge in [-0.2, -0.15) is 0 Å². The van der Waals surface area contributed by atoms with Gasteiger partial charge in [0.2, 0.25) is 5.43 Å². The van der Waals surface area contributed by atoms with Crippen LogP contribution < -0.4 is 10.2 Å². The Bertz CT molecular complexity index is 1510. The average molecular weight is 489 g/mol. The highest BCUT2D eigenvalue weighted by Gasteiger charge is 2.33. The zero-order chi connectivity index (χ0) is 26.3. The number of ether oxygens (including phenoxy) is 1. The minimum Gasteiger partial charge on any atom is -0.508 e. The maximum Gasteiger partial charge on any atom is 0.204 e. The van der Waals surface area contributed by atoms with Crippen molar-refractivity contribution < 1.29 is 24.5 Å². The highest BCUT2D eigenvalue weighted by Crippen LogP contribution is 2.47. The summed E-state index contributed by atoms with van der Waals surface area (Å²) in [7, 11) is 0. The van der Waals surface area contributed by atoms with Crippen molar-refractivity contribution in [3.8, 4) is 34.3 Å². The predicted molar refractivity (Wildman–Crippen MR) is 142 cm³/mol. The Kier molecular flexibility index (Phi) is 6.72. The third kappa shape index (κ3) is 4.51. The Labute approximate surface area is 210 Å². The number of aromatic hydroxyl groups is 3. The number of rotatable bonds is 5. The first-order chi connectivity index (χ1) is 17.0. The number of phenols is 3. The van der Waals surface area contributed by atoms with Crippen molar-refractivity contribution in [2.24, 2.45) is 0 Å². The van der Waals surface area contributed by atoms with Crippen LogP contribution in [0.1, 0.15) is 64.3 Å². The molecule has 6 heteroatoms. The molecular weight excluding hydrogens is 456 g/mol. The zero-order valence-electron chi connectivity index (χ0n) is 21.5. The van der Waals surface area contributed by atoms with Gasteiger partial charge in [0.05, 0.1) is 11.1 Å².